The molecule has 0 radical (unpaired) electrons. The number of rotatable bonds is 4. The minimum atomic E-state index is 0. The molecule has 0 spiro atoms. The van der Waals surface area contributed by atoms with Crippen LogP contribution < -0.4 is 10.1 Å². The number of hydrogen-bond donors (Lipinski definition) is 1. The minimum Gasteiger partial charge on any atom is -0.496 e. The number of aryl methyl sites for hydroxylation is 1. The van der Waals surface area contributed by atoms with Crippen LogP contribution in [0.15, 0.2) is 42.7 Å². The van der Waals surface area contributed by atoms with Crippen LogP contribution in [0.1, 0.15) is 22.7 Å². The fourth-order valence-corrected chi connectivity index (χ4v) is 3.18. The fourth-order valence-electron chi connectivity index (χ4n) is 3.18. The van der Waals surface area contributed by atoms with Gasteiger partial charge >= 0.3 is 0 Å². The number of halogens is 1. The molecule has 5 nitrogen and oxygen atoms in total. The van der Waals surface area contributed by atoms with Gasteiger partial charge in [0.05, 0.1) is 19.6 Å². The lowest BCUT2D eigenvalue weighted by molar-refractivity contribution is -0.133. The van der Waals surface area contributed by atoms with Gasteiger partial charge < -0.3 is 15.0 Å². The van der Waals surface area contributed by atoms with E-state index in [2.05, 4.69) is 10.3 Å². The van der Waals surface area contributed by atoms with E-state index in [1.165, 1.54) is 0 Å². The predicted octanol–water partition coefficient (Wildman–Crippen LogP) is 2.54. The Kier molecular flexibility index (Phi) is 6.79. The molecule has 0 bridgehead atoms. The molecule has 0 aliphatic carbocycles. The quantitative estimate of drug-likeness (QED) is 0.909. The van der Waals surface area contributed by atoms with E-state index in [0.29, 0.717) is 13.0 Å². The van der Waals surface area contributed by atoms with Gasteiger partial charge in [0.25, 0.3) is 0 Å². The highest BCUT2D eigenvalue weighted by atomic mass is 35.5. The van der Waals surface area contributed by atoms with Gasteiger partial charge in [-0.15, -0.1) is 12.4 Å². The van der Waals surface area contributed by atoms with E-state index >= 15 is 0 Å². The van der Waals surface area contributed by atoms with Gasteiger partial charge in [-0.05, 0) is 24.6 Å². The number of aromatic nitrogens is 1. The lowest BCUT2D eigenvalue weighted by Gasteiger charge is -2.36. The van der Waals surface area contributed by atoms with Gasteiger partial charge in [0, 0.05) is 37.6 Å². The van der Waals surface area contributed by atoms with Crippen molar-refractivity contribution in [3.05, 3.63) is 59.4 Å². The van der Waals surface area contributed by atoms with E-state index in [9.17, 15) is 4.79 Å². The molecule has 0 saturated carbocycles. The molecule has 134 valence electrons. The first-order valence-electron chi connectivity index (χ1n) is 8.22. The standard InChI is InChI=1S/C19H23N3O2.ClH/c1-14-5-6-18(24-2)16(10-14)11-19(23)22-9-8-21-13-17(22)15-4-3-7-20-12-15;/h3-7,10,12,17,21H,8-9,11,13H2,1-2H3;1H. The van der Waals surface area contributed by atoms with Crippen molar-refractivity contribution in [3.8, 4) is 5.75 Å². The zero-order valence-electron chi connectivity index (χ0n) is 14.6. The largest absolute Gasteiger partial charge is 0.496 e. The van der Waals surface area contributed by atoms with Crippen molar-refractivity contribution in [2.75, 3.05) is 26.7 Å². The number of benzene rings is 1. The Bertz CT molecular complexity index is 709. The Morgan fingerprint density at radius 3 is 2.96 bits per heavy atom. The number of nitrogens with zero attached hydrogens (tertiary/aromatic N) is 2. The van der Waals surface area contributed by atoms with Crippen LogP contribution >= 0.6 is 12.4 Å². The third kappa shape index (κ3) is 4.50. The normalized spacial score (nSPS) is 16.9. The zero-order chi connectivity index (χ0) is 16.9. The van der Waals surface area contributed by atoms with Crippen LogP contribution in [0.5, 0.6) is 5.75 Å². The molecule has 1 amide bonds. The zero-order valence-corrected chi connectivity index (χ0v) is 15.4. The number of carbonyl (C=O) groups is 1. The van der Waals surface area contributed by atoms with Crippen LogP contribution in [0.2, 0.25) is 0 Å². The Hall–Kier alpha value is -2.11. The molecule has 2 aromatic rings. The average Bonchev–Trinajstić information content (AvgIpc) is 2.62. The third-order valence-corrected chi connectivity index (χ3v) is 4.41. The highest BCUT2D eigenvalue weighted by Crippen LogP contribution is 2.25. The molecule has 1 atom stereocenters. The number of piperazine rings is 1. The molecular formula is C19H24ClN3O2. The molecule has 1 N–H and O–H groups in total. The van der Waals surface area contributed by atoms with E-state index in [1.54, 1.807) is 13.3 Å². The summed E-state index contributed by atoms with van der Waals surface area (Å²) in [5.74, 6) is 0.885. The summed E-state index contributed by atoms with van der Waals surface area (Å²) in [4.78, 5) is 19.1. The molecule has 25 heavy (non-hydrogen) atoms. The van der Waals surface area contributed by atoms with Gasteiger partial charge in [-0.2, -0.15) is 0 Å². The molecule has 3 rings (SSSR count). The Morgan fingerprint density at radius 1 is 1.40 bits per heavy atom. The number of amides is 1. The summed E-state index contributed by atoms with van der Waals surface area (Å²) in [5.41, 5.74) is 3.13. The number of hydrogen-bond acceptors (Lipinski definition) is 4. The number of methoxy groups -OCH3 is 1. The van der Waals surface area contributed by atoms with Crippen molar-refractivity contribution >= 4 is 18.3 Å². The van der Waals surface area contributed by atoms with Gasteiger partial charge in [-0.1, -0.05) is 23.8 Å². The van der Waals surface area contributed by atoms with Crippen molar-refractivity contribution in [3.63, 3.8) is 0 Å². The van der Waals surface area contributed by atoms with E-state index in [1.807, 2.05) is 48.4 Å². The maximum atomic E-state index is 13.0. The summed E-state index contributed by atoms with van der Waals surface area (Å²) < 4.78 is 5.41. The highest BCUT2D eigenvalue weighted by molar-refractivity contribution is 5.85. The molecule has 1 aliphatic heterocycles. The molecule has 1 aromatic carbocycles. The number of pyridine rings is 1. The molecule has 2 heterocycles. The third-order valence-electron chi connectivity index (χ3n) is 4.41. The van der Waals surface area contributed by atoms with E-state index in [0.717, 1.165) is 35.5 Å². The van der Waals surface area contributed by atoms with Crippen LogP contribution in [0.4, 0.5) is 0 Å². The Labute approximate surface area is 154 Å². The van der Waals surface area contributed by atoms with Crippen molar-refractivity contribution < 1.29 is 9.53 Å². The summed E-state index contributed by atoms with van der Waals surface area (Å²) in [6.45, 7) is 4.29. The number of carbonyl (C=O) groups excluding carboxylic acids is 1. The van der Waals surface area contributed by atoms with Crippen molar-refractivity contribution in [1.29, 1.82) is 0 Å². The van der Waals surface area contributed by atoms with Gasteiger partial charge in [-0.25, -0.2) is 0 Å². The molecule has 1 fully saturated rings. The fraction of sp³-hybridized carbons (Fsp3) is 0.368. The molecule has 1 aliphatic rings. The van der Waals surface area contributed by atoms with Crippen molar-refractivity contribution in [2.24, 2.45) is 0 Å². The van der Waals surface area contributed by atoms with Crippen LogP contribution in [0.3, 0.4) is 0 Å². The Morgan fingerprint density at radius 2 is 2.24 bits per heavy atom. The predicted molar refractivity (Wildman–Crippen MR) is 100 cm³/mol. The lowest BCUT2D eigenvalue weighted by Crippen LogP contribution is -2.49. The monoisotopic (exact) mass is 361 g/mol. The molecular weight excluding hydrogens is 338 g/mol. The van der Waals surface area contributed by atoms with Crippen molar-refractivity contribution in [1.82, 2.24) is 15.2 Å². The molecule has 6 heteroatoms. The maximum absolute atomic E-state index is 13.0. The molecule has 1 unspecified atom stereocenters. The topological polar surface area (TPSA) is 54.5 Å². The van der Waals surface area contributed by atoms with Crippen LogP contribution in [-0.2, 0) is 11.2 Å². The lowest BCUT2D eigenvalue weighted by atomic mass is 10.0. The van der Waals surface area contributed by atoms with Crippen LogP contribution in [0, 0.1) is 6.92 Å². The molecule has 1 aromatic heterocycles. The van der Waals surface area contributed by atoms with Crippen LogP contribution in [0.25, 0.3) is 0 Å². The number of ether oxygens (including phenoxy) is 1. The van der Waals surface area contributed by atoms with Gasteiger partial charge in [0.15, 0.2) is 0 Å². The maximum Gasteiger partial charge on any atom is 0.227 e. The van der Waals surface area contributed by atoms with Gasteiger partial charge in [0.2, 0.25) is 5.91 Å². The summed E-state index contributed by atoms with van der Waals surface area (Å²) >= 11 is 0. The number of nitrogens with one attached hydrogen (secondary N) is 1. The second-order valence-corrected chi connectivity index (χ2v) is 6.09. The van der Waals surface area contributed by atoms with E-state index in [4.69, 9.17) is 4.74 Å². The highest BCUT2D eigenvalue weighted by Gasteiger charge is 2.28. The summed E-state index contributed by atoms with van der Waals surface area (Å²) in [6, 6.07) is 9.91. The van der Waals surface area contributed by atoms with Gasteiger partial charge in [-0.3, -0.25) is 9.78 Å². The van der Waals surface area contributed by atoms with Gasteiger partial charge in [0.1, 0.15) is 5.75 Å². The smallest absolute Gasteiger partial charge is 0.227 e. The minimum absolute atomic E-state index is 0. The Balaban J connectivity index is 0.00000225. The molecule has 1 saturated heterocycles. The summed E-state index contributed by atoms with van der Waals surface area (Å²) in [6.07, 6.45) is 3.94. The second kappa shape index (κ2) is 8.83. The second-order valence-electron chi connectivity index (χ2n) is 6.09. The van der Waals surface area contributed by atoms with E-state index in [-0.39, 0.29) is 24.4 Å². The first kappa shape index (κ1) is 19.2. The first-order valence-corrected chi connectivity index (χ1v) is 8.22. The SMILES string of the molecule is COc1ccc(C)cc1CC(=O)N1CCNCC1c1cccnc1.Cl. The summed E-state index contributed by atoms with van der Waals surface area (Å²) in [7, 11) is 1.64. The summed E-state index contributed by atoms with van der Waals surface area (Å²) in [5, 5.41) is 3.37. The van der Waals surface area contributed by atoms with Crippen LogP contribution in [-0.4, -0.2) is 42.5 Å². The average molecular weight is 362 g/mol. The first-order chi connectivity index (χ1) is 11.7. The van der Waals surface area contributed by atoms with Crippen molar-refractivity contribution in [2.45, 2.75) is 19.4 Å². The van der Waals surface area contributed by atoms with E-state index < -0.39 is 0 Å².